The second-order valence-electron chi connectivity index (χ2n) is 3.66. The lowest BCUT2D eigenvalue weighted by molar-refractivity contribution is 0.109. The zero-order valence-electron chi connectivity index (χ0n) is 8.65. The Morgan fingerprint density at radius 1 is 1.33 bits per heavy atom. The smallest absolute Gasteiger partial charge is 0.185 e. The zero-order valence-corrected chi connectivity index (χ0v) is 8.65. The van der Waals surface area contributed by atoms with Crippen LogP contribution < -0.4 is 0 Å². The number of furan rings is 1. The summed E-state index contributed by atoms with van der Waals surface area (Å²) in [5.74, 6) is 1.25. The van der Waals surface area contributed by atoms with Gasteiger partial charge in [0.25, 0.3) is 0 Å². The molecule has 1 aromatic rings. The summed E-state index contributed by atoms with van der Waals surface area (Å²) in [4.78, 5) is 12.7. The van der Waals surface area contributed by atoms with Gasteiger partial charge in [-0.1, -0.05) is 0 Å². The van der Waals surface area contributed by atoms with Crippen molar-refractivity contribution >= 4 is 6.29 Å². The van der Waals surface area contributed by atoms with Crippen LogP contribution in [-0.2, 0) is 11.3 Å². The van der Waals surface area contributed by atoms with Gasteiger partial charge in [0.05, 0.1) is 13.2 Å². The molecule has 1 fully saturated rings. The van der Waals surface area contributed by atoms with E-state index in [1.165, 1.54) is 0 Å². The molecule has 1 aliphatic heterocycles. The molecule has 15 heavy (non-hydrogen) atoms. The lowest BCUT2D eigenvalue weighted by Gasteiger charge is -2.16. The van der Waals surface area contributed by atoms with Crippen LogP contribution in [0.4, 0.5) is 0 Å². The maximum atomic E-state index is 10.4. The molecule has 0 amide bonds. The molecule has 0 aromatic carbocycles. The first-order valence-electron chi connectivity index (χ1n) is 5.22. The van der Waals surface area contributed by atoms with Crippen molar-refractivity contribution in [1.82, 2.24) is 4.90 Å². The van der Waals surface area contributed by atoms with Crippen LogP contribution in [0.2, 0.25) is 0 Å². The quantitative estimate of drug-likeness (QED) is 0.704. The van der Waals surface area contributed by atoms with Gasteiger partial charge in [-0.15, -0.1) is 0 Å². The molecule has 0 N–H and O–H groups in total. The Kier molecular flexibility index (Phi) is 3.53. The zero-order chi connectivity index (χ0) is 10.5. The van der Waals surface area contributed by atoms with Crippen molar-refractivity contribution in [3.63, 3.8) is 0 Å². The van der Waals surface area contributed by atoms with Gasteiger partial charge in [0.1, 0.15) is 5.76 Å². The van der Waals surface area contributed by atoms with E-state index in [0.29, 0.717) is 5.76 Å². The molecule has 2 rings (SSSR count). The Hall–Kier alpha value is -1.13. The first kappa shape index (κ1) is 10.4. The third kappa shape index (κ3) is 2.91. The highest BCUT2D eigenvalue weighted by atomic mass is 16.5. The molecular formula is C11H15NO3. The molecule has 0 unspecified atom stereocenters. The summed E-state index contributed by atoms with van der Waals surface area (Å²) in [6.45, 7) is 4.33. The second kappa shape index (κ2) is 5.09. The third-order valence-corrected chi connectivity index (χ3v) is 2.49. The molecule has 0 aliphatic carbocycles. The molecule has 0 saturated carbocycles. The van der Waals surface area contributed by atoms with Crippen molar-refractivity contribution in [1.29, 1.82) is 0 Å². The molecule has 1 saturated heterocycles. The van der Waals surface area contributed by atoms with Gasteiger partial charge in [0.2, 0.25) is 0 Å². The average molecular weight is 209 g/mol. The fourth-order valence-corrected chi connectivity index (χ4v) is 1.72. The predicted octanol–water partition coefficient (Wildman–Crippen LogP) is 1.31. The molecule has 0 spiro atoms. The molecule has 0 radical (unpaired) electrons. The average Bonchev–Trinajstić information content (AvgIpc) is 2.54. The van der Waals surface area contributed by atoms with E-state index < -0.39 is 0 Å². The van der Waals surface area contributed by atoms with Crippen LogP contribution in [0.3, 0.4) is 0 Å². The molecule has 0 bridgehead atoms. The van der Waals surface area contributed by atoms with Crippen molar-refractivity contribution in [2.45, 2.75) is 13.0 Å². The highest BCUT2D eigenvalue weighted by molar-refractivity contribution is 5.70. The van der Waals surface area contributed by atoms with Crippen LogP contribution in [0.15, 0.2) is 16.5 Å². The van der Waals surface area contributed by atoms with Crippen molar-refractivity contribution < 1.29 is 13.9 Å². The van der Waals surface area contributed by atoms with Crippen molar-refractivity contribution in [2.75, 3.05) is 26.3 Å². The van der Waals surface area contributed by atoms with E-state index in [-0.39, 0.29) is 0 Å². The second-order valence-corrected chi connectivity index (χ2v) is 3.66. The van der Waals surface area contributed by atoms with Gasteiger partial charge in [-0.05, 0) is 18.6 Å². The predicted molar refractivity (Wildman–Crippen MR) is 54.8 cm³/mol. The molecule has 0 atom stereocenters. The minimum atomic E-state index is 0.399. The van der Waals surface area contributed by atoms with E-state index in [2.05, 4.69) is 4.90 Å². The lowest BCUT2D eigenvalue weighted by atomic mass is 10.3. The molecule has 1 aliphatic rings. The number of carbonyl (C=O) groups is 1. The molecular weight excluding hydrogens is 194 g/mol. The molecule has 1 aromatic heterocycles. The highest BCUT2D eigenvalue weighted by Gasteiger charge is 2.11. The van der Waals surface area contributed by atoms with Crippen LogP contribution in [-0.4, -0.2) is 37.5 Å². The van der Waals surface area contributed by atoms with Crippen molar-refractivity contribution in [3.8, 4) is 0 Å². The van der Waals surface area contributed by atoms with Crippen LogP contribution >= 0.6 is 0 Å². The molecule has 82 valence electrons. The van der Waals surface area contributed by atoms with Gasteiger partial charge in [-0.2, -0.15) is 0 Å². The van der Waals surface area contributed by atoms with Crippen LogP contribution in [0, 0.1) is 0 Å². The number of ether oxygens (including phenoxy) is 1. The number of carbonyl (C=O) groups excluding carboxylic acids is 1. The largest absolute Gasteiger partial charge is 0.457 e. The summed E-state index contributed by atoms with van der Waals surface area (Å²) >= 11 is 0. The third-order valence-electron chi connectivity index (χ3n) is 2.49. The van der Waals surface area contributed by atoms with E-state index in [4.69, 9.17) is 9.15 Å². The lowest BCUT2D eigenvalue weighted by Crippen LogP contribution is -2.25. The summed E-state index contributed by atoms with van der Waals surface area (Å²) < 4.78 is 10.7. The highest BCUT2D eigenvalue weighted by Crippen LogP contribution is 2.10. The number of hydrogen-bond donors (Lipinski definition) is 0. The van der Waals surface area contributed by atoms with E-state index in [1.54, 1.807) is 6.07 Å². The molecule has 4 nitrogen and oxygen atoms in total. The van der Waals surface area contributed by atoms with E-state index in [1.807, 2.05) is 6.07 Å². The summed E-state index contributed by atoms with van der Waals surface area (Å²) in [7, 11) is 0. The fraction of sp³-hybridized carbons (Fsp3) is 0.545. The van der Waals surface area contributed by atoms with E-state index in [9.17, 15) is 4.79 Å². The van der Waals surface area contributed by atoms with Gasteiger partial charge in [0, 0.05) is 19.7 Å². The number of hydrogen-bond acceptors (Lipinski definition) is 4. The monoisotopic (exact) mass is 209 g/mol. The van der Waals surface area contributed by atoms with Crippen molar-refractivity contribution in [3.05, 3.63) is 23.7 Å². The minimum absolute atomic E-state index is 0.399. The van der Waals surface area contributed by atoms with Crippen LogP contribution in [0.25, 0.3) is 0 Å². The molecule has 4 heteroatoms. The summed E-state index contributed by atoms with van der Waals surface area (Å²) in [5, 5.41) is 0. The van der Waals surface area contributed by atoms with Gasteiger partial charge in [-0.25, -0.2) is 0 Å². The Labute approximate surface area is 88.8 Å². The van der Waals surface area contributed by atoms with Crippen LogP contribution in [0.5, 0.6) is 0 Å². The summed E-state index contributed by atoms with van der Waals surface area (Å²) in [6, 6.07) is 3.56. The first-order valence-corrected chi connectivity index (χ1v) is 5.22. The van der Waals surface area contributed by atoms with Gasteiger partial charge in [0.15, 0.2) is 12.0 Å². The number of nitrogens with zero attached hydrogens (tertiary/aromatic N) is 1. The van der Waals surface area contributed by atoms with E-state index >= 15 is 0 Å². The van der Waals surface area contributed by atoms with E-state index in [0.717, 1.165) is 51.3 Å². The number of aldehydes is 1. The standard InChI is InChI=1S/C11H15NO3/c13-9-11-3-2-10(15-11)8-12-4-1-6-14-7-5-12/h2-3,9H,1,4-8H2. The van der Waals surface area contributed by atoms with Crippen LogP contribution in [0.1, 0.15) is 22.7 Å². The van der Waals surface area contributed by atoms with Gasteiger partial charge < -0.3 is 9.15 Å². The maximum Gasteiger partial charge on any atom is 0.185 e. The number of rotatable bonds is 3. The van der Waals surface area contributed by atoms with Crippen molar-refractivity contribution in [2.24, 2.45) is 0 Å². The maximum absolute atomic E-state index is 10.4. The summed E-state index contributed by atoms with van der Waals surface area (Å²) in [6.07, 6.45) is 1.79. The van der Waals surface area contributed by atoms with Gasteiger partial charge >= 0.3 is 0 Å². The summed E-state index contributed by atoms with van der Waals surface area (Å²) in [5.41, 5.74) is 0. The SMILES string of the molecule is O=Cc1ccc(CN2CCCOCC2)o1. The Bertz CT molecular complexity index is 313. The van der Waals surface area contributed by atoms with Gasteiger partial charge in [-0.3, -0.25) is 9.69 Å². The Balaban J connectivity index is 1.91. The Morgan fingerprint density at radius 2 is 2.27 bits per heavy atom. The molecule has 2 heterocycles. The normalized spacial score (nSPS) is 18.7. The fourth-order valence-electron chi connectivity index (χ4n) is 1.72. The minimum Gasteiger partial charge on any atom is -0.457 e. The Morgan fingerprint density at radius 3 is 3.07 bits per heavy atom. The first-order chi connectivity index (χ1) is 7.38. The topological polar surface area (TPSA) is 42.7 Å².